The average Bonchev–Trinajstić information content (AvgIpc) is 3.89. The number of hydrogen-bond acceptors (Lipinski definition) is 7. The molecule has 2 amide bonds. The second-order valence-corrected chi connectivity index (χ2v) is 16.0. The summed E-state index contributed by atoms with van der Waals surface area (Å²) < 4.78 is 13.7. The molecule has 0 radical (unpaired) electrons. The zero-order valence-corrected chi connectivity index (χ0v) is 30.6. The smallest absolute Gasteiger partial charge is 0.375 e. The molecule has 276 valence electrons. The van der Waals surface area contributed by atoms with E-state index in [1.807, 2.05) is 72.4 Å². The molecule has 0 bridgehead atoms. The number of amides is 2. The van der Waals surface area contributed by atoms with Gasteiger partial charge in [-0.3, -0.25) is 9.59 Å². The van der Waals surface area contributed by atoms with E-state index in [1.165, 1.54) is 11.8 Å². The normalized spacial score (nSPS) is 29.8. The number of ether oxygens (including phenoxy) is 1. The number of carbonyl (C=O) groups excluding carboxylic acids is 3. The van der Waals surface area contributed by atoms with Crippen molar-refractivity contribution in [2.45, 2.75) is 90.4 Å². The summed E-state index contributed by atoms with van der Waals surface area (Å²) in [6, 6.07) is 20.7. The van der Waals surface area contributed by atoms with Crippen molar-refractivity contribution >= 4 is 29.5 Å². The molecule has 10 nitrogen and oxygen atoms in total. The highest BCUT2D eigenvalue weighted by atomic mass is 16.6. The highest BCUT2D eigenvalue weighted by molar-refractivity contribution is 5.93. The number of allylic oxidation sites excluding steroid dienone is 1. The molecule has 0 spiro atoms. The third kappa shape index (κ3) is 5.82. The molecule has 4 aromatic rings. The zero-order valence-electron chi connectivity index (χ0n) is 30.6. The number of anilines is 1. The second-order valence-electron chi connectivity index (χ2n) is 16.0. The van der Waals surface area contributed by atoms with E-state index in [0.717, 1.165) is 53.9 Å². The van der Waals surface area contributed by atoms with Crippen LogP contribution >= 0.6 is 0 Å². The first-order valence-corrected chi connectivity index (χ1v) is 19.0. The Morgan fingerprint density at radius 1 is 1.04 bits per heavy atom. The number of carbonyl (C=O) groups is 3. The number of benzene rings is 2. The largest absolute Gasteiger partial charge is 0.457 e. The lowest BCUT2D eigenvalue weighted by atomic mass is 9.45. The molecule has 2 heterocycles. The summed E-state index contributed by atoms with van der Waals surface area (Å²) in [7, 11) is 0. The van der Waals surface area contributed by atoms with Gasteiger partial charge in [0.1, 0.15) is 0 Å². The number of nitrogens with zero attached hydrogens (tertiary/aromatic N) is 2. The molecule has 0 saturated heterocycles. The summed E-state index contributed by atoms with van der Waals surface area (Å²) in [6.07, 6.45) is 10.1. The van der Waals surface area contributed by atoms with Gasteiger partial charge in [-0.25, -0.2) is 9.48 Å². The molecule has 3 saturated carbocycles. The molecule has 0 aliphatic heterocycles. The van der Waals surface area contributed by atoms with Crippen molar-refractivity contribution in [3.8, 4) is 5.69 Å². The Labute approximate surface area is 310 Å². The monoisotopic (exact) mass is 716 g/mol. The summed E-state index contributed by atoms with van der Waals surface area (Å²) in [5.74, 6) is -0.791. The molecule has 8 rings (SSSR count). The van der Waals surface area contributed by atoms with Crippen LogP contribution in [0.4, 0.5) is 5.69 Å². The zero-order chi connectivity index (χ0) is 37.0. The first-order valence-electron chi connectivity index (χ1n) is 19.0. The number of nitrogens with one attached hydrogen (secondary N) is 2. The number of esters is 1. The van der Waals surface area contributed by atoms with Crippen LogP contribution in [-0.2, 0) is 27.3 Å². The Morgan fingerprint density at radius 2 is 1.83 bits per heavy atom. The lowest BCUT2D eigenvalue weighted by molar-refractivity contribution is -0.182. The average molecular weight is 717 g/mol. The quantitative estimate of drug-likeness (QED) is 0.155. The first-order chi connectivity index (χ1) is 25.6. The lowest BCUT2D eigenvalue weighted by Crippen LogP contribution is -2.64. The molecule has 3 fully saturated rings. The van der Waals surface area contributed by atoms with Gasteiger partial charge < -0.3 is 24.9 Å². The Balaban J connectivity index is 1.07. The Kier molecular flexibility index (Phi) is 8.92. The van der Waals surface area contributed by atoms with Crippen molar-refractivity contribution in [1.82, 2.24) is 15.1 Å². The number of aliphatic hydroxyl groups excluding tert-OH is 1. The molecule has 2 aromatic carbocycles. The SMILES string of the molecule is CCCC(=O)Nc1ccc(-n2ncc3c2C=C2CCC4C([C@@H](O)C[C@@]5(C)C4CC[C@]5(OC(=O)c4ccco4)C(=O)NCc4ccccc4)[C@@]2(C)C3)cc1. The van der Waals surface area contributed by atoms with Crippen molar-refractivity contribution < 1.29 is 28.6 Å². The first kappa shape index (κ1) is 35.1. The van der Waals surface area contributed by atoms with E-state index in [4.69, 9.17) is 14.3 Å². The molecule has 2 aromatic heterocycles. The second kappa shape index (κ2) is 13.5. The maximum Gasteiger partial charge on any atom is 0.375 e. The minimum Gasteiger partial charge on any atom is -0.457 e. The van der Waals surface area contributed by atoms with Gasteiger partial charge in [-0.2, -0.15) is 5.10 Å². The Bertz CT molecular complexity index is 2040. The van der Waals surface area contributed by atoms with Crippen LogP contribution in [-0.4, -0.2) is 44.4 Å². The molecule has 7 atom stereocenters. The number of aromatic nitrogens is 2. The highest BCUT2D eigenvalue weighted by Crippen LogP contribution is 2.68. The number of fused-ring (bicyclic) bond motifs is 6. The fourth-order valence-corrected chi connectivity index (χ4v) is 10.6. The van der Waals surface area contributed by atoms with Gasteiger partial charge in [0, 0.05) is 24.1 Å². The van der Waals surface area contributed by atoms with E-state index in [1.54, 1.807) is 12.1 Å². The van der Waals surface area contributed by atoms with E-state index in [0.29, 0.717) is 32.2 Å². The molecule has 4 aliphatic rings. The van der Waals surface area contributed by atoms with E-state index in [-0.39, 0.29) is 40.7 Å². The number of hydrogen-bond donors (Lipinski definition) is 3. The van der Waals surface area contributed by atoms with Crippen LogP contribution < -0.4 is 10.6 Å². The highest BCUT2D eigenvalue weighted by Gasteiger charge is 2.71. The number of aliphatic hydroxyl groups is 1. The van der Waals surface area contributed by atoms with Crippen molar-refractivity contribution in [3.05, 3.63) is 107 Å². The summed E-state index contributed by atoms with van der Waals surface area (Å²) in [6.45, 7) is 6.64. The summed E-state index contributed by atoms with van der Waals surface area (Å²) in [5, 5.41) is 23.2. The van der Waals surface area contributed by atoms with Crippen LogP contribution in [0.25, 0.3) is 11.8 Å². The molecule has 53 heavy (non-hydrogen) atoms. The predicted octanol–water partition coefficient (Wildman–Crippen LogP) is 7.27. The van der Waals surface area contributed by atoms with Crippen LogP contribution in [0.3, 0.4) is 0 Å². The summed E-state index contributed by atoms with van der Waals surface area (Å²) >= 11 is 0. The maximum absolute atomic E-state index is 14.5. The summed E-state index contributed by atoms with van der Waals surface area (Å²) in [4.78, 5) is 40.2. The van der Waals surface area contributed by atoms with Gasteiger partial charge in [0.2, 0.25) is 11.7 Å². The molecular weight excluding hydrogens is 668 g/mol. The molecule has 4 aliphatic carbocycles. The van der Waals surface area contributed by atoms with Gasteiger partial charge >= 0.3 is 5.97 Å². The van der Waals surface area contributed by atoms with E-state index >= 15 is 0 Å². The summed E-state index contributed by atoms with van der Waals surface area (Å²) in [5.41, 5.74) is 3.53. The van der Waals surface area contributed by atoms with Crippen LogP contribution in [0, 0.1) is 28.6 Å². The third-order valence-electron chi connectivity index (χ3n) is 13.1. The predicted molar refractivity (Wildman–Crippen MR) is 200 cm³/mol. The molecule has 3 unspecified atom stereocenters. The van der Waals surface area contributed by atoms with Crippen LogP contribution in [0.1, 0.15) is 93.1 Å². The Morgan fingerprint density at radius 3 is 2.57 bits per heavy atom. The fourth-order valence-electron chi connectivity index (χ4n) is 10.6. The van der Waals surface area contributed by atoms with Crippen LogP contribution in [0.15, 0.2) is 89.2 Å². The van der Waals surface area contributed by atoms with E-state index in [2.05, 4.69) is 30.6 Å². The number of rotatable bonds is 9. The molecule has 10 heteroatoms. The molecule has 3 N–H and O–H groups in total. The standard InChI is InChI=1S/C43H48N4O6/c1-4-9-37(49)46-30-14-16-31(17-15-30)47-34-22-29-13-18-32-33-19-20-43(53-39(50)36-12-8-21-52-36,40(51)44-25-27-10-6-5-7-11-27)42(33,3)24-35(48)38(32)41(29,2)23-28(34)26-45-47/h5-8,10-12,14-17,21-22,26,32-33,35,38,48H,4,9,13,18-20,23-25H2,1-3H3,(H,44,51)(H,46,49)/t32?,33?,35-,38?,41-,42-,43-/m0/s1. The van der Waals surface area contributed by atoms with Crippen molar-refractivity contribution in [1.29, 1.82) is 0 Å². The fraction of sp³-hybridized carbons (Fsp3) is 0.442. The van der Waals surface area contributed by atoms with Crippen LogP contribution in [0.5, 0.6) is 0 Å². The van der Waals surface area contributed by atoms with Gasteiger partial charge in [0.15, 0.2) is 5.60 Å². The van der Waals surface area contributed by atoms with Gasteiger partial charge in [0.05, 0.1) is 29.9 Å². The topological polar surface area (TPSA) is 136 Å². The van der Waals surface area contributed by atoms with E-state index < -0.39 is 23.1 Å². The number of furan rings is 1. The van der Waals surface area contributed by atoms with Gasteiger partial charge in [0.25, 0.3) is 5.91 Å². The third-order valence-corrected chi connectivity index (χ3v) is 13.1. The lowest BCUT2D eigenvalue weighted by Gasteiger charge is -2.60. The van der Waals surface area contributed by atoms with Gasteiger partial charge in [-0.05, 0) is 122 Å². The van der Waals surface area contributed by atoms with Crippen molar-refractivity contribution in [2.24, 2.45) is 28.6 Å². The molecular formula is C43H48N4O6. The van der Waals surface area contributed by atoms with Crippen LogP contribution in [0.2, 0.25) is 0 Å². The van der Waals surface area contributed by atoms with Gasteiger partial charge in [-0.15, -0.1) is 0 Å². The minimum absolute atomic E-state index is 0.00562. The van der Waals surface area contributed by atoms with Crippen molar-refractivity contribution in [3.63, 3.8) is 0 Å². The maximum atomic E-state index is 14.5. The minimum atomic E-state index is -1.48. The van der Waals surface area contributed by atoms with E-state index in [9.17, 15) is 19.5 Å². The van der Waals surface area contributed by atoms with Crippen molar-refractivity contribution in [2.75, 3.05) is 5.32 Å². The van der Waals surface area contributed by atoms with Gasteiger partial charge in [-0.1, -0.05) is 56.7 Å². The Hall–Kier alpha value is -4.96.